The van der Waals surface area contributed by atoms with Gasteiger partial charge in [0.15, 0.2) is 5.96 Å². The topological polar surface area (TPSA) is 404 Å². The van der Waals surface area contributed by atoms with Gasteiger partial charge in [0.2, 0.25) is 53.2 Å². The fourth-order valence-corrected chi connectivity index (χ4v) is 8.54. The second-order valence-electron chi connectivity index (χ2n) is 14.9. The molecule has 1 fully saturated rings. The second-order valence-corrected chi connectivity index (χ2v) is 17.7. The minimum absolute atomic E-state index is 0.0461. The minimum Gasteiger partial charge on any atom is -0.481 e. The Labute approximate surface area is 395 Å². The normalized spacial score (nSPS) is 20.1. The maximum Gasteiger partial charge on any atom is 0.305 e. The van der Waals surface area contributed by atoms with E-state index in [2.05, 4.69) is 60.2 Å². The molecule has 1 heterocycles. The second kappa shape index (κ2) is 30.4. The third-order valence-corrected chi connectivity index (χ3v) is 12.3. The maximum atomic E-state index is 14.1. The zero-order valence-corrected chi connectivity index (χ0v) is 38.9. The number of nitrogens with two attached hydrogens (primary N) is 4. The van der Waals surface area contributed by atoms with Gasteiger partial charge in [-0.3, -0.25) is 52.9 Å². The highest BCUT2D eigenvalue weighted by Crippen LogP contribution is 2.17. The molecule has 1 aromatic carbocycles. The van der Waals surface area contributed by atoms with E-state index in [4.69, 9.17) is 22.9 Å². The molecule has 27 heteroatoms. The number of unbranched alkanes of at least 4 members (excludes halogenated alkanes) is 1. The number of benzene rings is 1. The standard InChI is InChI=1S/C39H61N13O11S3/c1-21(53)46-24(10-5-6-12-40)34(59)51-28-18-65-20-66-19-29(38(63)49-25(14-22-8-3-2-4-9-22)35(60)50-27(17-64)32(41)57)52-36(61)26(15-31(55)56)47-30(54)16-45-33(58)23(48-37(28)62)11-7-13-44-39(42)43/h2-4,8-9,23-29,64H,5-7,10-20,40H2,1H3,(H2,41,57)(H,45,58)(H,46,53)(H,47,54)(H,48,62)(H,49,63)(H,50,60)(H,51,59)(H,52,61)(H,55,56)(H4,42,43,44)/t23-,24-,25-,26-,27-,28?,29-/m0/s1. The summed E-state index contributed by atoms with van der Waals surface area (Å²) in [7, 11) is 0. The molecular weight excluding hydrogens is 923 g/mol. The number of aliphatic imine (C=N–C) groups is 1. The fourth-order valence-electron chi connectivity index (χ4n) is 6.08. The Morgan fingerprint density at radius 1 is 0.833 bits per heavy atom. The zero-order chi connectivity index (χ0) is 49.2. The van der Waals surface area contributed by atoms with Gasteiger partial charge in [-0.05, 0) is 44.2 Å². The molecule has 1 aromatic rings. The van der Waals surface area contributed by atoms with E-state index in [9.17, 15) is 53.1 Å². The van der Waals surface area contributed by atoms with Gasteiger partial charge in [-0.1, -0.05) is 30.3 Å². The summed E-state index contributed by atoms with van der Waals surface area (Å²) in [5.41, 5.74) is 22.5. The average Bonchev–Trinajstić information content (AvgIpc) is 3.25. The molecule has 66 heavy (non-hydrogen) atoms. The summed E-state index contributed by atoms with van der Waals surface area (Å²) in [5, 5.41) is 29.7. The number of carboxylic acid groups (broad SMARTS) is 1. The summed E-state index contributed by atoms with van der Waals surface area (Å²) in [6, 6.07) is -0.901. The van der Waals surface area contributed by atoms with E-state index in [1.807, 2.05) is 0 Å². The summed E-state index contributed by atoms with van der Waals surface area (Å²) in [6.07, 6.45) is 0.351. The quantitative estimate of drug-likeness (QED) is 0.0238. The number of guanidine groups is 1. The first-order chi connectivity index (χ1) is 31.3. The molecule has 366 valence electrons. The molecule has 2 rings (SSSR count). The summed E-state index contributed by atoms with van der Waals surface area (Å²) >= 11 is 6.27. The van der Waals surface area contributed by atoms with E-state index in [-0.39, 0.29) is 60.5 Å². The van der Waals surface area contributed by atoms with Crippen LogP contribution in [0.3, 0.4) is 0 Å². The number of nitrogens with one attached hydrogen (secondary N) is 8. The molecular formula is C39H61N13O11S3. The van der Waals surface area contributed by atoms with Crippen LogP contribution in [0.2, 0.25) is 0 Å². The minimum atomic E-state index is -1.76. The van der Waals surface area contributed by atoms with Crippen molar-refractivity contribution in [2.75, 3.05) is 42.0 Å². The van der Waals surface area contributed by atoms with E-state index >= 15 is 0 Å². The van der Waals surface area contributed by atoms with Gasteiger partial charge >= 0.3 is 5.97 Å². The molecule has 1 aliphatic rings. The number of aliphatic carboxylic acids is 1. The fraction of sp³-hybridized carbons (Fsp3) is 0.564. The number of carbonyl (C=O) groups is 10. The molecule has 0 radical (unpaired) electrons. The van der Waals surface area contributed by atoms with Crippen molar-refractivity contribution in [1.82, 2.24) is 42.5 Å². The number of amides is 9. The largest absolute Gasteiger partial charge is 0.481 e. The van der Waals surface area contributed by atoms with Crippen LogP contribution in [0, 0.1) is 0 Å². The first kappa shape index (κ1) is 56.3. The van der Waals surface area contributed by atoms with Crippen LogP contribution in [-0.4, -0.2) is 154 Å². The Morgan fingerprint density at radius 3 is 2.15 bits per heavy atom. The Morgan fingerprint density at radius 2 is 1.53 bits per heavy atom. The van der Waals surface area contributed by atoms with E-state index in [0.717, 1.165) is 23.5 Å². The molecule has 0 saturated carbocycles. The van der Waals surface area contributed by atoms with E-state index in [1.54, 1.807) is 30.3 Å². The summed E-state index contributed by atoms with van der Waals surface area (Å²) in [6.45, 7) is 0.840. The van der Waals surface area contributed by atoms with Gasteiger partial charge in [0.25, 0.3) is 0 Å². The molecule has 7 atom stereocenters. The van der Waals surface area contributed by atoms with E-state index in [1.165, 1.54) is 6.92 Å². The first-order valence-corrected chi connectivity index (χ1v) is 23.7. The monoisotopic (exact) mass is 983 g/mol. The van der Waals surface area contributed by atoms with Gasteiger partial charge < -0.3 is 70.6 Å². The van der Waals surface area contributed by atoms with Gasteiger partial charge in [0, 0.05) is 42.2 Å². The van der Waals surface area contributed by atoms with Crippen molar-refractivity contribution in [2.24, 2.45) is 27.9 Å². The lowest BCUT2D eigenvalue weighted by Crippen LogP contribution is -2.60. The molecule has 1 unspecified atom stereocenters. The van der Waals surface area contributed by atoms with E-state index < -0.39 is 114 Å². The predicted molar refractivity (Wildman–Crippen MR) is 250 cm³/mol. The van der Waals surface area contributed by atoms with Gasteiger partial charge in [0.1, 0.15) is 42.3 Å². The summed E-state index contributed by atoms with van der Waals surface area (Å²) < 4.78 is 0. The lowest BCUT2D eigenvalue weighted by atomic mass is 10.0. The number of hydrogen-bond donors (Lipinski definition) is 14. The van der Waals surface area contributed by atoms with Gasteiger partial charge in [-0.2, -0.15) is 12.6 Å². The Bertz CT molecular complexity index is 1880. The Hall–Kier alpha value is -5.80. The summed E-state index contributed by atoms with van der Waals surface area (Å²) in [5.74, 6) is -9.73. The first-order valence-electron chi connectivity index (χ1n) is 20.8. The number of carboxylic acids is 1. The SMILES string of the molecule is CC(=O)N[C@@H](CCCCN)C(=O)NC1CSCSC[C@@H](C(=O)N[C@@H](Cc2ccccc2)C(=O)N[C@@H](CS)C(N)=O)NC(=O)[C@H](CC(=O)O)NC(=O)CNC(=O)[C@H](CCCN=C(N)N)NC1=O. The van der Waals surface area contributed by atoms with Crippen LogP contribution in [0.4, 0.5) is 0 Å². The molecule has 0 aliphatic carbocycles. The highest BCUT2D eigenvalue weighted by molar-refractivity contribution is 8.16. The number of carbonyl (C=O) groups excluding carboxylic acids is 9. The number of primary amides is 1. The molecule has 0 bridgehead atoms. The van der Waals surface area contributed by atoms with Gasteiger partial charge in [0.05, 0.1) is 13.0 Å². The average molecular weight is 984 g/mol. The van der Waals surface area contributed by atoms with Crippen molar-refractivity contribution in [3.8, 4) is 0 Å². The van der Waals surface area contributed by atoms with Gasteiger partial charge in [-0.15, -0.1) is 23.5 Å². The van der Waals surface area contributed by atoms with Crippen LogP contribution in [0.15, 0.2) is 35.3 Å². The third kappa shape index (κ3) is 21.9. The number of nitrogens with zero attached hydrogens (tertiary/aromatic N) is 1. The Kier molecular flexibility index (Phi) is 26.0. The van der Waals surface area contributed by atoms with Crippen LogP contribution < -0.4 is 65.5 Å². The number of rotatable bonds is 21. The van der Waals surface area contributed by atoms with Crippen molar-refractivity contribution >= 4 is 101 Å². The number of thioether (sulfide) groups is 2. The maximum absolute atomic E-state index is 14.1. The van der Waals surface area contributed by atoms with Crippen molar-refractivity contribution in [3.63, 3.8) is 0 Å². The van der Waals surface area contributed by atoms with Crippen molar-refractivity contribution < 1.29 is 53.1 Å². The van der Waals surface area contributed by atoms with Gasteiger partial charge in [-0.25, -0.2) is 0 Å². The van der Waals surface area contributed by atoms with Crippen LogP contribution in [-0.2, 0) is 54.4 Å². The molecule has 0 spiro atoms. The van der Waals surface area contributed by atoms with Crippen LogP contribution in [0.25, 0.3) is 0 Å². The molecule has 1 saturated heterocycles. The molecule has 24 nitrogen and oxygen atoms in total. The molecule has 1 aliphatic heterocycles. The van der Waals surface area contributed by atoms with E-state index in [0.29, 0.717) is 24.9 Å². The Balaban J connectivity index is 2.53. The van der Waals surface area contributed by atoms with Crippen molar-refractivity contribution in [2.45, 2.75) is 94.2 Å². The lowest BCUT2D eigenvalue weighted by Gasteiger charge is -2.27. The number of thiol groups is 1. The van der Waals surface area contributed by atoms with Crippen LogP contribution in [0.1, 0.15) is 51.0 Å². The lowest BCUT2D eigenvalue weighted by molar-refractivity contribution is -0.141. The smallest absolute Gasteiger partial charge is 0.305 e. The van der Waals surface area contributed by atoms with Crippen molar-refractivity contribution in [3.05, 3.63) is 35.9 Å². The summed E-state index contributed by atoms with van der Waals surface area (Å²) in [4.78, 5) is 135. The molecule has 17 N–H and O–H groups in total. The van der Waals surface area contributed by atoms with Crippen LogP contribution in [0.5, 0.6) is 0 Å². The molecule has 0 aromatic heterocycles. The number of hydrogen-bond acceptors (Lipinski definition) is 15. The zero-order valence-electron chi connectivity index (χ0n) is 36.4. The van der Waals surface area contributed by atoms with Crippen molar-refractivity contribution in [1.29, 1.82) is 0 Å². The van der Waals surface area contributed by atoms with Crippen LogP contribution >= 0.6 is 36.2 Å². The predicted octanol–water partition coefficient (Wildman–Crippen LogP) is -4.73. The third-order valence-electron chi connectivity index (χ3n) is 9.43. The molecule has 9 amide bonds. The highest BCUT2D eigenvalue weighted by atomic mass is 32.2. The highest BCUT2D eigenvalue weighted by Gasteiger charge is 2.34.